The number of aromatic nitrogens is 1. The molecular weight excluding hydrogens is 252 g/mol. The minimum atomic E-state index is 0.352. The van der Waals surface area contributed by atoms with E-state index in [2.05, 4.69) is 9.88 Å². The van der Waals surface area contributed by atoms with E-state index in [-0.39, 0.29) is 0 Å². The third kappa shape index (κ3) is 2.88. The van der Waals surface area contributed by atoms with Gasteiger partial charge in [-0.3, -0.25) is 4.79 Å². The van der Waals surface area contributed by atoms with Gasteiger partial charge in [0.05, 0.1) is 23.3 Å². The molecule has 0 radical (unpaired) electrons. The zero-order chi connectivity index (χ0) is 13.0. The summed E-state index contributed by atoms with van der Waals surface area (Å²) in [4.78, 5) is 18.3. The van der Waals surface area contributed by atoms with Crippen LogP contribution in [0.5, 0.6) is 0 Å². The molecule has 18 heavy (non-hydrogen) atoms. The van der Waals surface area contributed by atoms with E-state index in [4.69, 9.17) is 9.47 Å². The van der Waals surface area contributed by atoms with Crippen molar-refractivity contribution in [1.29, 1.82) is 0 Å². The minimum absolute atomic E-state index is 0.352. The predicted octanol–water partition coefficient (Wildman–Crippen LogP) is 1.72. The molecule has 1 fully saturated rings. The van der Waals surface area contributed by atoms with E-state index >= 15 is 0 Å². The number of piperidine rings is 1. The Labute approximate surface area is 111 Å². The molecule has 6 heteroatoms. The van der Waals surface area contributed by atoms with Gasteiger partial charge in [-0.25, -0.2) is 4.98 Å². The number of carbonyl (C=O) groups excluding carboxylic acids is 1. The number of aldehydes is 1. The quantitative estimate of drug-likeness (QED) is 0.762. The Balaban J connectivity index is 2.07. The molecule has 100 valence electrons. The van der Waals surface area contributed by atoms with Gasteiger partial charge < -0.3 is 14.4 Å². The van der Waals surface area contributed by atoms with E-state index in [1.165, 1.54) is 11.3 Å². The summed E-state index contributed by atoms with van der Waals surface area (Å²) < 4.78 is 10.4. The van der Waals surface area contributed by atoms with Crippen molar-refractivity contribution in [2.75, 3.05) is 32.2 Å². The molecule has 0 saturated carbocycles. The van der Waals surface area contributed by atoms with Gasteiger partial charge in [-0.05, 0) is 12.8 Å². The van der Waals surface area contributed by atoms with Crippen LogP contribution in [0.4, 0.5) is 5.13 Å². The summed E-state index contributed by atoms with van der Waals surface area (Å²) in [7, 11) is 3.36. The summed E-state index contributed by atoms with van der Waals surface area (Å²) in [6.07, 6.45) is 3.22. The summed E-state index contributed by atoms with van der Waals surface area (Å²) in [5, 5.41) is 0.915. The molecule has 1 saturated heterocycles. The molecule has 0 amide bonds. The van der Waals surface area contributed by atoms with Crippen LogP contribution < -0.4 is 4.90 Å². The lowest BCUT2D eigenvalue weighted by Crippen LogP contribution is -2.36. The SMILES string of the molecule is COCc1nc(N2CCC(OC)CC2)sc1C=O. The molecule has 0 bridgehead atoms. The van der Waals surface area contributed by atoms with Crippen molar-refractivity contribution in [1.82, 2.24) is 4.98 Å². The lowest BCUT2D eigenvalue weighted by molar-refractivity contribution is 0.0819. The highest BCUT2D eigenvalue weighted by molar-refractivity contribution is 7.17. The highest BCUT2D eigenvalue weighted by Crippen LogP contribution is 2.28. The monoisotopic (exact) mass is 270 g/mol. The molecule has 2 heterocycles. The maximum atomic E-state index is 11.0. The third-order valence-corrected chi connectivity index (χ3v) is 4.23. The first kappa shape index (κ1) is 13.5. The number of hydrogen-bond donors (Lipinski definition) is 0. The number of methoxy groups -OCH3 is 2. The Morgan fingerprint density at radius 2 is 2.17 bits per heavy atom. The fourth-order valence-corrected chi connectivity index (χ4v) is 3.04. The van der Waals surface area contributed by atoms with Crippen LogP contribution in [0.1, 0.15) is 28.2 Å². The van der Waals surface area contributed by atoms with Crippen molar-refractivity contribution in [3.8, 4) is 0 Å². The van der Waals surface area contributed by atoms with Gasteiger partial charge in [0.1, 0.15) is 0 Å². The highest BCUT2D eigenvalue weighted by atomic mass is 32.1. The summed E-state index contributed by atoms with van der Waals surface area (Å²) in [5.74, 6) is 0. The molecule has 1 aliphatic rings. The van der Waals surface area contributed by atoms with Crippen molar-refractivity contribution < 1.29 is 14.3 Å². The number of nitrogens with zero attached hydrogens (tertiary/aromatic N) is 2. The standard InChI is InChI=1S/C12H18N2O3S/c1-16-8-10-11(7-15)18-12(13-10)14-5-3-9(17-2)4-6-14/h7,9H,3-6,8H2,1-2H3. The molecule has 1 aromatic rings. The Morgan fingerprint density at radius 1 is 1.44 bits per heavy atom. The maximum absolute atomic E-state index is 11.0. The Morgan fingerprint density at radius 3 is 2.72 bits per heavy atom. The van der Waals surface area contributed by atoms with E-state index in [9.17, 15) is 4.79 Å². The molecule has 0 aliphatic carbocycles. The van der Waals surface area contributed by atoms with Crippen molar-refractivity contribution in [3.05, 3.63) is 10.6 Å². The van der Waals surface area contributed by atoms with E-state index < -0.39 is 0 Å². The Kier molecular flexibility index (Phi) is 4.68. The van der Waals surface area contributed by atoms with Crippen LogP contribution in [0, 0.1) is 0 Å². The van der Waals surface area contributed by atoms with Gasteiger partial charge in [0.25, 0.3) is 0 Å². The number of anilines is 1. The average molecular weight is 270 g/mol. The van der Waals surface area contributed by atoms with Crippen LogP contribution >= 0.6 is 11.3 Å². The lowest BCUT2D eigenvalue weighted by atomic mass is 10.1. The second kappa shape index (κ2) is 6.26. The summed E-state index contributed by atoms with van der Waals surface area (Å²) >= 11 is 1.44. The summed E-state index contributed by atoms with van der Waals surface area (Å²) in [6, 6.07) is 0. The minimum Gasteiger partial charge on any atom is -0.381 e. The van der Waals surface area contributed by atoms with Gasteiger partial charge in [0.15, 0.2) is 11.4 Å². The number of thiazole rings is 1. The van der Waals surface area contributed by atoms with Crippen molar-refractivity contribution >= 4 is 22.8 Å². The van der Waals surface area contributed by atoms with Gasteiger partial charge in [-0.1, -0.05) is 11.3 Å². The maximum Gasteiger partial charge on any atom is 0.186 e. The lowest BCUT2D eigenvalue weighted by Gasteiger charge is -2.30. The number of ether oxygens (including phenoxy) is 2. The molecule has 0 atom stereocenters. The molecular formula is C12H18N2O3S. The fourth-order valence-electron chi connectivity index (χ4n) is 2.10. The van der Waals surface area contributed by atoms with Crippen molar-refractivity contribution in [2.45, 2.75) is 25.6 Å². The van der Waals surface area contributed by atoms with Gasteiger partial charge in [-0.15, -0.1) is 0 Å². The van der Waals surface area contributed by atoms with Gasteiger partial charge >= 0.3 is 0 Å². The molecule has 2 rings (SSSR count). The normalized spacial score (nSPS) is 17.1. The van der Waals surface area contributed by atoms with E-state index in [1.54, 1.807) is 14.2 Å². The van der Waals surface area contributed by atoms with E-state index in [0.29, 0.717) is 17.6 Å². The first-order chi connectivity index (χ1) is 8.78. The number of carbonyl (C=O) groups is 1. The number of rotatable bonds is 5. The largest absolute Gasteiger partial charge is 0.381 e. The molecule has 0 unspecified atom stereocenters. The number of hydrogen-bond acceptors (Lipinski definition) is 6. The fraction of sp³-hybridized carbons (Fsp3) is 0.667. The molecule has 1 aliphatic heterocycles. The summed E-state index contributed by atoms with van der Waals surface area (Å²) in [6.45, 7) is 2.24. The van der Waals surface area contributed by atoms with Crippen LogP contribution in [-0.4, -0.2) is 44.7 Å². The molecule has 0 N–H and O–H groups in total. The first-order valence-electron chi connectivity index (χ1n) is 6.00. The first-order valence-corrected chi connectivity index (χ1v) is 6.81. The third-order valence-electron chi connectivity index (χ3n) is 3.15. The topological polar surface area (TPSA) is 51.7 Å². The van der Waals surface area contributed by atoms with Gasteiger partial charge in [-0.2, -0.15) is 0 Å². The molecule has 1 aromatic heterocycles. The zero-order valence-electron chi connectivity index (χ0n) is 10.7. The van der Waals surface area contributed by atoms with Crippen molar-refractivity contribution in [2.24, 2.45) is 0 Å². The average Bonchev–Trinajstić information content (AvgIpc) is 2.82. The van der Waals surface area contributed by atoms with Gasteiger partial charge in [0, 0.05) is 27.3 Å². The van der Waals surface area contributed by atoms with Gasteiger partial charge in [0.2, 0.25) is 0 Å². The molecule has 0 aromatic carbocycles. The summed E-state index contributed by atoms with van der Waals surface area (Å²) in [5.41, 5.74) is 0.737. The van der Waals surface area contributed by atoms with E-state index in [0.717, 1.165) is 43.0 Å². The van der Waals surface area contributed by atoms with Crippen LogP contribution in [0.2, 0.25) is 0 Å². The van der Waals surface area contributed by atoms with E-state index in [1.807, 2.05) is 0 Å². The molecule has 0 spiro atoms. The molecule has 5 nitrogen and oxygen atoms in total. The Bertz CT molecular complexity index is 400. The van der Waals surface area contributed by atoms with Crippen LogP contribution in [0.25, 0.3) is 0 Å². The second-order valence-electron chi connectivity index (χ2n) is 4.28. The second-order valence-corrected chi connectivity index (χ2v) is 5.29. The Hall–Kier alpha value is -0.980. The van der Waals surface area contributed by atoms with Crippen LogP contribution in [-0.2, 0) is 16.1 Å². The predicted molar refractivity (Wildman–Crippen MR) is 70.5 cm³/mol. The zero-order valence-corrected chi connectivity index (χ0v) is 11.5. The van der Waals surface area contributed by atoms with Crippen LogP contribution in [0.3, 0.4) is 0 Å². The highest BCUT2D eigenvalue weighted by Gasteiger charge is 2.22. The van der Waals surface area contributed by atoms with Crippen LogP contribution in [0.15, 0.2) is 0 Å². The smallest absolute Gasteiger partial charge is 0.186 e. The van der Waals surface area contributed by atoms with Crippen molar-refractivity contribution in [3.63, 3.8) is 0 Å².